The molecular weight excluding hydrogens is 218 g/mol. The summed E-state index contributed by atoms with van der Waals surface area (Å²) in [7, 11) is 2.02. The van der Waals surface area contributed by atoms with E-state index < -0.39 is 0 Å². The van der Waals surface area contributed by atoms with Gasteiger partial charge < -0.3 is 19.4 Å². The number of likely N-dealkylation sites (N-methyl/N-ethyl adjacent to an activating group) is 1. The first-order chi connectivity index (χ1) is 8.29. The van der Waals surface area contributed by atoms with Gasteiger partial charge in [0.1, 0.15) is 5.82 Å². The lowest BCUT2D eigenvalue weighted by molar-refractivity contribution is -0.0526. The molecule has 1 atom stereocenters. The standard InChI is InChI=1S/C12H21N3O2/c1-3-13-10(9-12-16-6-7-17-12)8-11-14-4-5-15(11)2/h4-5,10,12-13H,3,6-9H2,1-2H3. The summed E-state index contributed by atoms with van der Waals surface area (Å²) in [5.74, 6) is 1.09. The molecule has 0 radical (unpaired) electrons. The van der Waals surface area contributed by atoms with Gasteiger partial charge in [-0.05, 0) is 6.54 Å². The van der Waals surface area contributed by atoms with Gasteiger partial charge in [-0.3, -0.25) is 0 Å². The number of ether oxygens (including phenoxy) is 2. The van der Waals surface area contributed by atoms with Crippen LogP contribution in [-0.4, -0.2) is 41.6 Å². The highest BCUT2D eigenvalue weighted by atomic mass is 16.7. The van der Waals surface area contributed by atoms with E-state index in [-0.39, 0.29) is 6.29 Å². The number of aryl methyl sites for hydroxylation is 1. The molecule has 1 aliphatic rings. The summed E-state index contributed by atoms with van der Waals surface area (Å²) in [4.78, 5) is 4.35. The maximum Gasteiger partial charge on any atom is 0.159 e. The fraction of sp³-hybridized carbons (Fsp3) is 0.750. The average molecular weight is 239 g/mol. The molecule has 96 valence electrons. The van der Waals surface area contributed by atoms with Crippen LogP contribution in [0.3, 0.4) is 0 Å². The minimum atomic E-state index is -0.0562. The quantitative estimate of drug-likeness (QED) is 0.794. The highest BCUT2D eigenvalue weighted by Crippen LogP contribution is 2.13. The van der Waals surface area contributed by atoms with Crippen molar-refractivity contribution in [2.45, 2.75) is 32.1 Å². The van der Waals surface area contributed by atoms with E-state index in [0.717, 1.165) is 25.2 Å². The zero-order chi connectivity index (χ0) is 12.1. The second-order valence-electron chi connectivity index (χ2n) is 4.32. The molecule has 5 heteroatoms. The molecule has 17 heavy (non-hydrogen) atoms. The maximum absolute atomic E-state index is 5.49. The number of aromatic nitrogens is 2. The maximum atomic E-state index is 5.49. The molecule has 1 unspecified atom stereocenters. The molecule has 1 saturated heterocycles. The van der Waals surface area contributed by atoms with E-state index in [9.17, 15) is 0 Å². The molecule has 1 aromatic heterocycles. The average Bonchev–Trinajstić information content (AvgIpc) is 2.92. The Morgan fingerprint density at radius 3 is 2.88 bits per heavy atom. The Balaban J connectivity index is 1.89. The molecule has 1 N–H and O–H groups in total. The van der Waals surface area contributed by atoms with Gasteiger partial charge >= 0.3 is 0 Å². The molecule has 1 aromatic rings. The van der Waals surface area contributed by atoms with Gasteiger partial charge in [0.05, 0.1) is 13.2 Å². The molecule has 0 bridgehead atoms. The van der Waals surface area contributed by atoms with E-state index in [1.54, 1.807) is 0 Å². The summed E-state index contributed by atoms with van der Waals surface area (Å²) >= 11 is 0. The Morgan fingerprint density at radius 2 is 2.29 bits per heavy atom. The Morgan fingerprint density at radius 1 is 1.53 bits per heavy atom. The van der Waals surface area contributed by atoms with Crippen molar-refractivity contribution in [3.63, 3.8) is 0 Å². The van der Waals surface area contributed by atoms with Crippen molar-refractivity contribution in [3.8, 4) is 0 Å². The van der Waals surface area contributed by atoms with Crippen LogP contribution in [0.1, 0.15) is 19.2 Å². The molecule has 5 nitrogen and oxygen atoms in total. The molecule has 0 amide bonds. The molecule has 1 aliphatic heterocycles. The normalized spacial score (nSPS) is 18.7. The Hall–Kier alpha value is -0.910. The summed E-state index contributed by atoms with van der Waals surface area (Å²) in [6, 6.07) is 0.351. The van der Waals surface area contributed by atoms with Crippen LogP contribution in [0.15, 0.2) is 12.4 Å². The number of hydrogen-bond donors (Lipinski definition) is 1. The molecule has 0 saturated carbocycles. The first kappa shape index (κ1) is 12.5. The van der Waals surface area contributed by atoms with Gasteiger partial charge in [0, 0.05) is 38.3 Å². The van der Waals surface area contributed by atoms with Crippen molar-refractivity contribution in [1.82, 2.24) is 14.9 Å². The number of hydrogen-bond acceptors (Lipinski definition) is 4. The van der Waals surface area contributed by atoms with Crippen molar-refractivity contribution >= 4 is 0 Å². The SMILES string of the molecule is CCNC(Cc1nccn1C)CC1OCCO1. The van der Waals surface area contributed by atoms with Crippen LogP contribution in [0, 0.1) is 0 Å². The first-order valence-electron chi connectivity index (χ1n) is 6.22. The largest absolute Gasteiger partial charge is 0.350 e. The summed E-state index contributed by atoms with van der Waals surface area (Å²) in [5.41, 5.74) is 0. The fourth-order valence-corrected chi connectivity index (χ4v) is 2.12. The summed E-state index contributed by atoms with van der Waals surface area (Å²) in [5, 5.41) is 3.46. The molecule has 0 spiro atoms. The zero-order valence-corrected chi connectivity index (χ0v) is 10.6. The smallest absolute Gasteiger partial charge is 0.159 e. The lowest BCUT2D eigenvalue weighted by Crippen LogP contribution is -2.35. The van der Waals surface area contributed by atoms with Crippen molar-refractivity contribution in [1.29, 1.82) is 0 Å². The molecule has 0 aliphatic carbocycles. The third-order valence-corrected chi connectivity index (χ3v) is 3.01. The predicted molar refractivity (Wildman–Crippen MR) is 64.7 cm³/mol. The fourth-order valence-electron chi connectivity index (χ4n) is 2.12. The Labute approximate surface area is 102 Å². The van der Waals surface area contributed by atoms with Crippen LogP contribution in [-0.2, 0) is 22.9 Å². The minimum Gasteiger partial charge on any atom is -0.350 e. The van der Waals surface area contributed by atoms with Crippen molar-refractivity contribution in [3.05, 3.63) is 18.2 Å². The van der Waals surface area contributed by atoms with Crippen molar-refractivity contribution in [2.75, 3.05) is 19.8 Å². The number of nitrogens with one attached hydrogen (secondary N) is 1. The number of rotatable bonds is 6. The van der Waals surface area contributed by atoms with Gasteiger partial charge in [-0.1, -0.05) is 6.92 Å². The van der Waals surface area contributed by atoms with E-state index in [2.05, 4.69) is 21.8 Å². The van der Waals surface area contributed by atoms with Gasteiger partial charge in [-0.25, -0.2) is 4.98 Å². The van der Waals surface area contributed by atoms with Gasteiger partial charge in [-0.15, -0.1) is 0 Å². The third kappa shape index (κ3) is 3.52. The van der Waals surface area contributed by atoms with E-state index >= 15 is 0 Å². The van der Waals surface area contributed by atoms with Gasteiger partial charge in [0.25, 0.3) is 0 Å². The zero-order valence-electron chi connectivity index (χ0n) is 10.6. The number of imidazole rings is 1. The Bertz CT molecular complexity index is 334. The van der Waals surface area contributed by atoms with Gasteiger partial charge in [0.15, 0.2) is 6.29 Å². The van der Waals surface area contributed by atoms with Crippen molar-refractivity contribution < 1.29 is 9.47 Å². The number of nitrogens with zero attached hydrogens (tertiary/aromatic N) is 2. The minimum absolute atomic E-state index is 0.0562. The topological polar surface area (TPSA) is 48.3 Å². The summed E-state index contributed by atoms with van der Waals surface area (Å²) in [6.07, 6.45) is 5.53. The second-order valence-corrected chi connectivity index (χ2v) is 4.32. The highest BCUT2D eigenvalue weighted by Gasteiger charge is 2.22. The molecular formula is C12H21N3O2. The van der Waals surface area contributed by atoms with Crippen LogP contribution in [0.2, 0.25) is 0 Å². The molecule has 0 aromatic carbocycles. The van der Waals surface area contributed by atoms with Crippen LogP contribution < -0.4 is 5.32 Å². The molecule has 1 fully saturated rings. The van der Waals surface area contributed by atoms with Crippen LogP contribution in [0.4, 0.5) is 0 Å². The highest BCUT2D eigenvalue weighted by molar-refractivity contribution is 4.94. The van der Waals surface area contributed by atoms with E-state index in [1.165, 1.54) is 0 Å². The third-order valence-electron chi connectivity index (χ3n) is 3.01. The van der Waals surface area contributed by atoms with Crippen molar-refractivity contribution in [2.24, 2.45) is 7.05 Å². The molecule has 2 rings (SSSR count). The van der Waals surface area contributed by atoms with E-state index in [4.69, 9.17) is 9.47 Å². The van der Waals surface area contributed by atoms with Crippen LogP contribution >= 0.6 is 0 Å². The lowest BCUT2D eigenvalue weighted by atomic mass is 10.1. The molecule has 2 heterocycles. The Kier molecular flexibility index (Phi) is 4.53. The summed E-state index contributed by atoms with van der Waals surface area (Å²) < 4.78 is 13.0. The lowest BCUT2D eigenvalue weighted by Gasteiger charge is -2.20. The monoisotopic (exact) mass is 239 g/mol. The summed E-state index contributed by atoms with van der Waals surface area (Å²) in [6.45, 7) is 4.49. The van der Waals surface area contributed by atoms with E-state index in [0.29, 0.717) is 19.3 Å². The van der Waals surface area contributed by atoms with Crippen LogP contribution in [0.5, 0.6) is 0 Å². The van der Waals surface area contributed by atoms with Gasteiger partial charge in [-0.2, -0.15) is 0 Å². The van der Waals surface area contributed by atoms with E-state index in [1.807, 2.05) is 19.4 Å². The first-order valence-corrected chi connectivity index (χ1v) is 6.22. The van der Waals surface area contributed by atoms with Gasteiger partial charge in [0.2, 0.25) is 0 Å². The predicted octanol–water partition coefficient (Wildman–Crippen LogP) is 0.704. The second kappa shape index (κ2) is 6.14. The van der Waals surface area contributed by atoms with Crippen LogP contribution in [0.25, 0.3) is 0 Å².